The minimum Gasteiger partial charge on any atom is -0.373 e. The number of rotatable bonds is 7. The van der Waals surface area contributed by atoms with Gasteiger partial charge in [0.05, 0.1) is 28.9 Å². The van der Waals surface area contributed by atoms with E-state index in [0.29, 0.717) is 24.5 Å². The minimum absolute atomic E-state index is 0.0139. The average molecular weight is 542 g/mol. The molecule has 1 aliphatic carbocycles. The van der Waals surface area contributed by atoms with E-state index in [9.17, 15) is 27.2 Å². The van der Waals surface area contributed by atoms with Crippen molar-refractivity contribution >= 4 is 17.5 Å². The molecule has 1 saturated carbocycles. The Labute approximate surface area is 212 Å². The summed E-state index contributed by atoms with van der Waals surface area (Å²) in [7, 11) is 0. The smallest absolute Gasteiger partial charge is 0.373 e. The summed E-state index contributed by atoms with van der Waals surface area (Å²) < 4.78 is 75.6. The molecule has 0 unspecified atom stereocenters. The Bertz CT molecular complexity index is 1390. The lowest BCUT2D eigenvalue weighted by Crippen LogP contribution is -2.42. The summed E-state index contributed by atoms with van der Waals surface area (Å²) >= 11 is 5.74. The molecular formula is C25H21ClF5N3O3. The molecule has 0 radical (unpaired) electrons. The third kappa shape index (κ3) is 5.99. The Morgan fingerprint density at radius 3 is 2.57 bits per heavy atom. The van der Waals surface area contributed by atoms with Crippen molar-refractivity contribution in [1.82, 2.24) is 15.3 Å². The number of aromatic amines is 1. The lowest BCUT2D eigenvalue weighted by Gasteiger charge is -2.34. The van der Waals surface area contributed by atoms with Gasteiger partial charge in [-0.2, -0.15) is 13.2 Å². The number of hydrogen-bond acceptors (Lipinski definition) is 4. The van der Waals surface area contributed by atoms with Gasteiger partial charge < -0.3 is 15.0 Å². The van der Waals surface area contributed by atoms with Crippen LogP contribution < -0.4 is 10.9 Å². The zero-order chi connectivity index (χ0) is 26.9. The number of carbonyl (C=O) groups excluding carboxylic acids is 1. The summed E-state index contributed by atoms with van der Waals surface area (Å²) in [5, 5.41) is 2.51. The number of nitrogens with one attached hydrogen (secondary N) is 2. The topological polar surface area (TPSA) is 84.1 Å². The van der Waals surface area contributed by atoms with E-state index in [1.165, 1.54) is 13.0 Å². The highest BCUT2D eigenvalue weighted by molar-refractivity contribution is 6.30. The molecule has 1 amide bonds. The molecule has 0 atom stereocenters. The second kappa shape index (κ2) is 10.6. The first-order chi connectivity index (χ1) is 17.4. The van der Waals surface area contributed by atoms with Crippen molar-refractivity contribution in [3.63, 3.8) is 0 Å². The summed E-state index contributed by atoms with van der Waals surface area (Å²) in [6.07, 6.45) is -4.49. The molecule has 4 rings (SSSR count). The number of amides is 1. The highest BCUT2D eigenvalue weighted by atomic mass is 35.5. The Morgan fingerprint density at radius 1 is 1.16 bits per heavy atom. The van der Waals surface area contributed by atoms with E-state index < -0.39 is 52.1 Å². The summed E-state index contributed by atoms with van der Waals surface area (Å²) in [5.41, 5.74) is -2.73. The molecule has 37 heavy (non-hydrogen) atoms. The monoisotopic (exact) mass is 541 g/mol. The van der Waals surface area contributed by atoms with Crippen molar-refractivity contribution in [3.05, 3.63) is 85.8 Å². The minimum atomic E-state index is -4.91. The van der Waals surface area contributed by atoms with Gasteiger partial charge in [0.1, 0.15) is 17.5 Å². The van der Waals surface area contributed by atoms with Crippen molar-refractivity contribution in [2.24, 2.45) is 5.92 Å². The molecule has 1 heterocycles. The van der Waals surface area contributed by atoms with E-state index in [2.05, 4.69) is 15.3 Å². The molecular weight excluding hydrogens is 521 g/mol. The summed E-state index contributed by atoms with van der Waals surface area (Å²) in [4.78, 5) is 30.3. The maximum Gasteiger partial charge on any atom is 0.417 e. The number of H-pyrrole nitrogens is 1. The van der Waals surface area contributed by atoms with Crippen molar-refractivity contribution in [3.8, 4) is 11.4 Å². The van der Waals surface area contributed by atoms with Crippen LogP contribution in [0.15, 0.2) is 41.2 Å². The molecule has 196 valence electrons. The van der Waals surface area contributed by atoms with Crippen molar-refractivity contribution in [2.75, 3.05) is 0 Å². The Kier molecular flexibility index (Phi) is 7.65. The number of aromatic nitrogens is 2. The Morgan fingerprint density at radius 2 is 1.89 bits per heavy atom. The Hall–Kier alpha value is -3.31. The third-order valence-corrected chi connectivity index (χ3v) is 6.35. The zero-order valence-corrected chi connectivity index (χ0v) is 20.1. The van der Waals surface area contributed by atoms with Crippen LogP contribution in [0.5, 0.6) is 0 Å². The predicted molar refractivity (Wildman–Crippen MR) is 125 cm³/mol. The van der Waals surface area contributed by atoms with Gasteiger partial charge in [0, 0.05) is 35.3 Å². The quantitative estimate of drug-likeness (QED) is 0.397. The van der Waals surface area contributed by atoms with Crippen LogP contribution in [0.3, 0.4) is 0 Å². The lowest BCUT2D eigenvalue weighted by atomic mass is 9.81. The van der Waals surface area contributed by atoms with Gasteiger partial charge >= 0.3 is 6.18 Å². The summed E-state index contributed by atoms with van der Waals surface area (Å²) in [5.74, 6) is -3.24. The van der Waals surface area contributed by atoms with Crippen molar-refractivity contribution < 1.29 is 31.5 Å². The second-order valence-electron chi connectivity index (χ2n) is 8.73. The first-order valence-electron chi connectivity index (χ1n) is 11.2. The zero-order valence-electron chi connectivity index (χ0n) is 19.4. The standard InChI is InChI=1S/C25H21ClF5N3O3/c1-12-7-19(35)34-23(33-12)20-17(25(29,30)31)6-5-13(22(20)28)10-32-24(36)15-8-16(9-15)37-11-14-3-2-4-18(26)21(14)27/h2-7,15-16H,8-11H2,1H3,(H,32,36)(H,33,34,35). The van der Waals surface area contributed by atoms with E-state index in [1.807, 2.05) is 0 Å². The normalized spacial score (nSPS) is 17.4. The lowest BCUT2D eigenvalue weighted by molar-refractivity contribution is -0.137. The van der Waals surface area contributed by atoms with Gasteiger partial charge in [-0.3, -0.25) is 9.59 Å². The number of alkyl halides is 3. The molecule has 2 N–H and O–H groups in total. The van der Waals surface area contributed by atoms with Crippen LogP contribution in [0.25, 0.3) is 11.4 Å². The van der Waals surface area contributed by atoms with Crippen LogP contribution >= 0.6 is 11.6 Å². The molecule has 2 aromatic carbocycles. The van der Waals surface area contributed by atoms with E-state index in [0.717, 1.165) is 12.1 Å². The third-order valence-electron chi connectivity index (χ3n) is 6.06. The van der Waals surface area contributed by atoms with Gasteiger partial charge in [-0.15, -0.1) is 0 Å². The molecule has 3 aromatic rings. The molecule has 12 heteroatoms. The maximum atomic E-state index is 15.3. The number of nitrogens with zero attached hydrogens (tertiary/aromatic N) is 1. The van der Waals surface area contributed by atoms with Gasteiger partial charge in [0.25, 0.3) is 5.56 Å². The number of aryl methyl sites for hydroxylation is 1. The molecule has 0 saturated heterocycles. The van der Waals surface area contributed by atoms with Crippen molar-refractivity contribution in [2.45, 2.75) is 45.2 Å². The molecule has 1 aromatic heterocycles. The number of hydrogen-bond donors (Lipinski definition) is 2. The summed E-state index contributed by atoms with van der Waals surface area (Å²) in [6, 6.07) is 7.24. The predicted octanol–water partition coefficient (Wildman–Crippen LogP) is 5.31. The highest BCUT2D eigenvalue weighted by Gasteiger charge is 2.38. The number of carbonyl (C=O) groups is 1. The van der Waals surface area contributed by atoms with Crippen molar-refractivity contribution in [1.29, 1.82) is 0 Å². The van der Waals surface area contributed by atoms with Gasteiger partial charge in [-0.1, -0.05) is 29.8 Å². The second-order valence-corrected chi connectivity index (χ2v) is 9.13. The average Bonchev–Trinajstić information content (AvgIpc) is 2.78. The fourth-order valence-corrected chi connectivity index (χ4v) is 4.23. The first-order valence-corrected chi connectivity index (χ1v) is 11.6. The number of halogens is 6. The van der Waals surface area contributed by atoms with E-state index in [-0.39, 0.29) is 35.5 Å². The van der Waals surface area contributed by atoms with Crippen LogP contribution in [0.1, 0.15) is 35.2 Å². The largest absolute Gasteiger partial charge is 0.417 e. The Balaban J connectivity index is 1.41. The molecule has 1 aliphatic rings. The number of ether oxygens (including phenoxy) is 1. The van der Waals surface area contributed by atoms with E-state index in [1.54, 1.807) is 12.1 Å². The molecule has 6 nitrogen and oxygen atoms in total. The molecule has 1 fully saturated rings. The molecule has 0 spiro atoms. The maximum absolute atomic E-state index is 15.3. The van der Waals surface area contributed by atoms with Crippen LogP contribution in [-0.2, 0) is 28.9 Å². The van der Waals surface area contributed by atoms with E-state index >= 15 is 4.39 Å². The van der Waals surface area contributed by atoms with Crippen LogP contribution in [0.2, 0.25) is 5.02 Å². The first kappa shape index (κ1) is 26.7. The fourth-order valence-electron chi connectivity index (χ4n) is 4.03. The highest BCUT2D eigenvalue weighted by Crippen LogP contribution is 2.38. The fraction of sp³-hybridized carbons (Fsp3) is 0.320. The molecule has 0 aliphatic heterocycles. The van der Waals surface area contributed by atoms with Gasteiger partial charge in [0.2, 0.25) is 5.91 Å². The molecule has 0 bridgehead atoms. The summed E-state index contributed by atoms with van der Waals surface area (Å²) in [6.45, 7) is 1.01. The van der Waals surface area contributed by atoms with Crippen LogP contribution in [-0.4, -0.2) is 22.0 Å². The SMILES string of the molecule is Cc1cc(=O)[nH]c(-c2c(C(F)(F)F)ccc(CNC(=O)C3CC(OCc4cccc(Cl)c4F)C3)c2F)n1. The number of benzene rings is 2. The van der Waals surface area contributed by atoms with Crippen LogP contribution in [0.4, 0.5) is 22.0 Å². The van der Waals surface area contributed by atoms with Gasteiger partial charge in [-0.25, -0.2) is 13.8 Å². The van der Waals surface area contributed by atoms with Gasteiger partial charge in [0.15, 0.2) is 0 Å². The van der Waals surface area contributed by atoms with Gasteiger partial charge in [-0.05, 0) is 31.9 Å². The van der Waals surface area contributed by atoms with Crippen LogP contribution in [0, 0.1) is 24.5 Å². The van der Waals surface area contributed by atoms with E-state index in [4.69, 9.17) is 16.3 Å².